The number of carbonyl (C=O) groups excluding carboxylic acids is 2. The molecule has 0 radical (unpaired) electrons. The zero-order valence-electron chi connectivity index (χ0n) is 20.5. The first-order valence-electron chi connectivity index (χ1n) is 12.9. The van der Waals surface area contributed by atoms with Crippen molar-refractivity contribution < 1.29 is 14.3 Å². The summed E-state index contributed by atoms with van der Waals surface area (Å²) in [5.41, 5.74) is 1.81. The largest absolute Gasteiger partial charge is 0.497 e. The topological polar surface area (TPSA) is 63.6 Å². The molecule has 3 heterocycles. The van der Waals surface area contributed by atoms with E-state index in [2.05, 4.69) is 27.4 Å². The van der Waals surface area contributed by atoms with Crippen molar-refractivity contribution in [1.29, 1.82) is 0 Å². The first kappa shape index (κ1) is 23.9. The van der Waals surface area contributed by atoms with Crippen molar-refractivity contribution in [2.24, 2.45) is 11.8 Å². The number of fused-ring (bicyclic) bond motifs is 1. The smallest absolute Gasteiger partial charge is 0.270 e. The SMILES string of the molecule is COc1cccc(Cn2c(C(=O)N3CCC(C(=O)NCC4CCCCC4)CC3)cc3ccsc32)c1. The van der Waals surface area contributed by atoms with Crippen molar-refractivity contribution in [3.05, 3.63) is 53.0 Å². The van der Waals surface area contributed by atoms with E-state index < -0.39 is 0 Å². The van der Waals surface area contributed by atoms with Crippen molar-refractivity contribution in [3.63, 3.8) is 0 Å². The molecule has 7 heteroatoms. The van der Waals surface area contributed by atoms with Gasteiger partial charge in [0.25, 0.3) is 5.91 Å². The Hall–Kier alpha value is -2.80. The fraction of sp³-hybridized carbons (Fsp3) is 0.500. The molecule has 2 fully saturated rings. The van der Waals surface area contributed by atoms with Crippen LogP contribution < -0.4 is 10.1 Å². The molecule has 2 aliphatic rings. The molecule has 0 spiro atoms. The second kappa shape index (κ2) is 10.9. The Labute approximate surface area is 211 Å². The molecule has 1 aliphatic carbocycles. The van der Waals surface area contributed by atoms with Gasteiger partial charge in [-0.3, -0.25) is 9.59 Å². The normalized spacial score (nSPS) is 17.6. The van der Waals surface area contributed by atoms with Crippen LogP contribution in [0.1, 0.15) is 61.0 Å². The summed E-state index contributed by atoms with van der Waals surface area (Å²) in [6.45, 7) is 2.67. The van der Waals surface area contributed by atoms with Crippen molar-refractivity contribution in [2.75, 3.05) is 26.7 Å². The van der Waals surface area contributed by atoms with Crippen LogP contribution >= 0.6 is 11.3 Å². The highest BCUT2D eigenvalue weighted by atomic mass is 32.1. The molecule has 1 aromatic carbocycles. The number of benzene rings is 1. The van der Waals surface area contributed by atoms with Gasteiger partial charge in [-0.15, -0.1) is 11.3 Å². The summed E-state index contributed by atoms with van der Waals surface area (Å²) in [4.78, 5) is 29.4. The highest BCUT2D eigenvalue weighted by molar-refractivity contribution is 7.16. The van der Waals surface area contributed by atoms with E-state index in [1.807, 2.05) is 29.2 Å². The zero-order chi connectivity index (χ0) is 24.2. The molecule has 186 valence electrons. The molecule has 1 saturated carbocycles. The van der Waals surface area contributed by atoms with Gasteiger partial charge in [-0.1, -0.05) is 31.4 Å². The molecule has 0 bridgehead atoms. The summed E-state index contributed by atoms with van der Waals surface area (Å²) < 4.78 is 7.51. The Morgan fingerprint density at radius 3 is 2.63 bits per heavy atom. The molecule has 3 aromatic rings. The Balaban J connectivity index is 1.23. The summed E-state index contributed by atoms with van der Waals surface area (Å²) >= 11 is 1.66. The van der Waals surface area contributed by atoms with Crippen LogP contribution in [0.5, 0.6) is 5.75 Å². The average Bonchev–Trinajstić information content (AvgIpc) is 3.50. The molecule has 5 rings (SSSR count). The van der Waals surface area contributed by atoms with Crippen molar-refractivity contribution in [2.45, 2.75) is 51.5 Å². The van der Waals surface area contributed by atoms with E-state index in [-0.39, 0.29) is 17.7 Å². The fourth-order valence-electron chi connectivity index (χ4n) is 5.55. The maximum absolute atomic E-state index is 13.6. The number of methoxy groups -OCH3 is 1. The lowest BCUT2D eigenvalue weighted by Crippen LogP contribution is -2.44. The minimum Gasteiger partial charge on any atom is -0.497 e. The van der Waals surface area contributed by atoms with E-state index in [0.717, 1.165) is 46.6 Å². The number of rotatable bonds is 7. The Morgan fingerprint density at radius 1 is 1.06 bits per heavy atom. The molecular weight excluding hydrogens is 458 g/mol. The number of carbonyl (C=O) groups is 2. The van der Waals surface area contributed by atoms with Crippen LogP contribution in [0.2, 0.25) is 0 Å². The molecule has 2 aromatic heterocycles. The van der Waals surface area contributed by atoms with Gasteiger partial charge in [0.1, 0.15) is 16.3 Å². The second-order valence-corrected chi connectivity index (χ2v) is 10.9. The van der Waals surface area contributed by atoms with Gasteiger partial charge >= 0.3 is 0 Å². The minimum atomic E-state index is 0.00899. The van der Waals surface area contributed by atoms with Crippen molar-refractivity contribution in [1.82, 2.24) is 14.8 Å². The summed E-state index contributed by atoms with van der Waals surface area (Å²) in [6, 6.07) is 12.1. The highest BCUT2D eigenvalue weighted by Gasteiger charge is 2.30. The number of aromatic nitrogens is 1. The predicted molar refractivity (Wildman–Crippen MR) is 140 cm³/mol. The van der Waals surface area contributed by atoms with Gasteiger partial charge in [0.05, 0.1) is 7.11 Å². The molecular formula is C28H35N3O3S. The van der Waals surface area contributed by atoms with Gasteiger partial charge in [0, 0.05) is 37.5 Å². The van der Waals surface area contributed by atoms with Gasteiger partial charge in [0.15, 0.2) is 0 Å². The van der Waals surface area contributed by atoms with E-state index in [1.165, 1.54) is 32.1 Å². The van der Waals surface area contributed by atoms with Crippen LogP contribution in [0.4, 0.5) is 0 Å². The number of hydrogen-bond acceptors (Lipinski definition) is 4. The molecule has 0 unspecified atom stereocenters. The summed E-state index contributed by atoms with van der Waals surface area (Å²) in [6.07, 6.45) is 7.84. The third-order valence-corrected chi connectivity index (χ3v) is 8.59. The number of piperidine rings is 1. The number of amides is 2. The lowest BCUT2D eigenvalue weighted by Gasteiger charge is -2.32. The van der Waals surface area contributed by atoms with Gasteiger partial charge in [-0.25, -0.2) is 0 Å². The lowest BCUT2D eigenvalue weighted by atomic mass is 9.89. The van der Waals surface area contributed by atoms with E-state index >= 15 is 0 Å². The maximum atomic E-state index is 13.6. The van der Waals surface area contributed by atoms with E-state index in [4.69, 9.17) is 4.74 Å². The van der Waals surface area contributed by atoms with Crippen LogP contribution in [0.25, 0.3) is 10.2 Å². The summed E-state index contributed by atoms with van der Waals surface area (Å²) in [5, 5.41) is 6.37. The third-order valence-electron chi connectivity index (χ3n) is 7.64. The number of nitrogens with one attached hydrogen (secondary N) is 1. The number of ether oxygens (including phenoxy) is 1. The molecule has 2 amide bonds. The maximum Gasteiger partial charge on any atom is 0.270 e. The zero-order valence-corrected chi connectivity index (χ0v) is 21.3. The van der Waals surface area contributed by atoms with Crippen LogP contribution in [0.15, 0.2) is 41.8 Å². The number of likely N-dealkylation sites (tertiary alicyclic amines) is 1. The van der Waals surface area contributed by atoms with E-state index in [0.29, 0.717) is 25.6 Å². The van der Waals surface area contributed by atoms with Crippen LogP contribution in [0.3, 0.4) is 0 Å². The van der Waals surface area contributed by atoms with Gasteiger partial charge in [-0.2, -0.15) is 0 Å². The first-order chi connectivity index (χ1) is 17.1. The third kappa shape index (κ3) is 5.40. The minimum absolute atomic E-state index is 0.00899. The van der Waals surface area contributed by atoms with Crippen LogP contribution in [-0.2, 0) is 11.3 Å². The van der Waals surface area contributed by atoms with Crippen molar-refractivity contribution >= 4 is 33.4 Å². The van der Waals surface area contributed by atoms with E-state index in [9.17, 15) is 9.59 Å². The molecule has 1 aliphatic heterocycles. The van der Waals surface area contributed by atoms with Gasteiger partial charge in [0.2, 0.25) is 5.91 Å². The molecule has 1 N–H and O–H groups in total. The van der Waals surface area contributed by atoms with E-state index in [1.54, 1.807) is 18.4 Å². The number of hydrogen-bond donors (Lipinski definition) is 1. The lowest BCUT2D eigenvalue weighted by molar-refractivity contribution is -0.126. The Bertz CT molecular complexity index is 1170. The highest BCUT2D eigenvalue weighted by Crippen LogP contribution is 2.29. The number of thiophene rings is 1. The monoisotopic (exact) mass is 493 g/mol. The quantitative estimate of drug-likeness (QED) is 0.485. The average molecular weight is 494 g/mol. The summed E-state index contributed by atoms with van der Waals surface area (Å²) in [7, 11) is 1.67. The Kier molecular flexibility index (Phi) is 7.42. The molecule has 6 nitrogen and oxygen atoms in total. The molecule has 0 atom stereocenters. The number of nitrogens with zero attached hydrogens (tertiary/aromatic N) is 2. The van der Waals surface area contributed by atoms with Gasteiger partial charge in [-0.05, 0) is 66.8 Å². The van der Waals surface area contributed by atoms with Crippen LogP contribution in [0, 0.1) is 11.8 Å². The molecule has 35 heavy (non-hydrogen) atoms. The van der Waals surface area contributed by atoms with Crippen molar-refractivity contribution in [3.8, 4) is 5.75 Å². The fourth-order valence-corrected chi connectivity index (χ4v) is 6.45. The second-order valence-electron chi connectivity index (χ2n) is 9.96. The summed E-state index contributed by atoms with van der Waals surface area (Å²) in [5.74, 6) is 1.69. The van der Waals surface area contributed by atoms with Crippen LogP contribution in [-0.4, -0.2) is 48.0 Å². The van der Waals surface area contributed by atoms with Gasteiger partial charge < -0.3 is 19.5 Å². The Morgan fingerprint density at radius 2 is 1.86 bits per heavy atom. The predicted octanol–water partition coefficient (Wildman–Crippen LogP) is 5.31. The molecule has 1 saturated heterocycles. The standard InChI is InChI=1S/C28H35N3O3S/c1-34-24-9-5-8-21(16-24)19-31-25(17-23-12-15-35-28(23)31)27(33)30-13-10-22(11-14-30)26(32)29-18-20-6-3-2-4-7-20/h5,8-9,12,15-17,20,22H,2-4,6-7,10-11,13-14,18-19H2,1H3,(H,29,32). The first-order valence-corrected chi connectivity index (χ1v) is 13.8.